The molecule has 172 valence electrons. The number of ether oxygens (including phenoxy) is 4. The van der Waals surface area contributed by atoms with Crippen molar-refractivity contribution in [3.05, 3.63) is 47.5 Å². The highest BCUT2D eigenvalue weighted by molar-refractivity contribution is 5.75. The standard InChI is InChI=1S/C26H33NO5/c1-29-23-10-8-18(16-25(23)31-3)13-20-17-32-26(28)21(20)14-19-7-9-22(24(15-19)30-2)27-11-5-4-6-12-27/h7-10,15-16,20-21H,4-6,11-14,17H2,1-3H3/t20-,21+/m0/s1. The van der Waals surface area contributed by atoms with Crippen LogP contribution < -0.4 is 19.1 Å². The van der Waals surface area contributed by atoms with Gasteiger partial charge < -0.3 is 23.8 Å². The van der Waals surface area contributed by atoms with Crippen molar-refractivity contribution in [2.75, 3.05) is 45.9 Å². The van der Waals surface area contributed by atoms with Gasteiger partial charge in [0.05, 0.1) is 39.5 Å². The second kappa shape index (κ2) is 10.2. The fourth-order valence-electron chi connectivity index (χ4n) is 4.87. The third kappa shape index (κ3) is 4.79. The number of nitrogens with zero attached hydrogens (tertiary/aromatic N) is 1. The van der Waals surface area contributed by atoms with Crippen LogP contribution in [0.2, 0.25) is 0 Å². The molecule has 0 aromatic heterocycles. The summed E-state index contributed by atoms with van der Waals surface area (Å²) in [4.78, 5) is 15.0. The molecule has 0 unspecified atom stereocenters. The van der Waals surface area contributed by atoms with Crippen LogP contribution in [0.4, 0.5) is 5.69 Å². The molecule has 0 bridgehead atoms. The predicted octanol–water partition coefficient (Wildman–Crippen LogP) is 4.28. The lowest BCUT2D eigenvalue weighted by molar-refractivity contribution is -0.141. The van der Waals surface area contributed by atoms with Crippen LogP contribution in [0.3, 0.4) is 0 Å². The van der Waals surface area contributed by atoms with Gasteiger partial charge in [0.15, 0.2) is 11.5 Å². The van der Waals surface area contributed by atoms with Crippen molar-refractivity contribution in [3.8, 4) is 17.2 Å². The Morgan fingerprint density at radius 1 is 0.844 bits per heavy atom. The maximum Gasteiger partial charge on any atom is 0.309 e. The van der Waals surface area contributed by atoms with Gasteiger partial charge in [-0.2, -0.15) is 0 Å². The molecule has 2 heterocycles. The topological polar surface area (TPSA) is 57.2 Å². The first-order chi connectivity index (χ1) is 15.6. The molecule has 6 heteroatoms. The van der Waals surface area contributed by atoms with Gasteiger partial charge in [-0.25, -0.2) is 0 Å². The molecule has 0 spiro atoms. The van der Waals surface area contributed by atoms with E-state index in [9.17, 15) is 4.79 Å². The summed E-state index contributed by atoms with van der Waals surface area (Å²) >= 11 is 0. The molecule has 4 rings (SSSR count). The fraction of sp³-hybridized carbons (Fsp3) is 0.500. The zero-order valence-electron chi connectivity index (χ0n) is 19.3. The van der Waals surface area contributed by atoms with Crippen molar-refractivity contribution in [2.24, 2.45) is 11.8 Å². The summed E-state index contributed by atoms with van der Waals surface area (Å²) in [7, 11) is 4.98. The van der Waals surface area contributed by atoms with Crippen LogP contribution in [0, 0.1) is 11.8 Å². The molecule has 0 radical (unpaired) electrons. The normalized spacial score (nSPS) is 20.7. The largest absolute Gasteiger partial charge is 0.495 e. The van der Waals surface area contributed by atoms with E-state index in [-0.39, 0.29) is 17.8 Å². The van der Waals surface area contributed by atoms with E-state index in [0.717, 1.165) is 42.1 Å². The first-order valence-electron chi connectivity index (χ1n) is 11.4. The van der Waals surface area contributed by atoms with Crippen molar-refractivity contribution < 1.29 is 23.7 Å². The summed E-state index contributed by atoms with van der Waals surface area (Å²) in [5.41, 5.74) is 3.35. The average molecular weight is 440 g/mol. The second-order valence-corrected chi connectivity index (χ2v) is 8.65. The summed E-state index contributed by atoms with van der Waals surface area (Å²) < 4.78 is 21.9. The number of piperidine rings is 1. The van der Waals surface area contributed by atoms with Gasteiger partial charge in [0.1, 0.15) is 5.75 Å². The van der Waals surface area contributed by atoms with Gasteiger partial charge in [0, 0.05) is 19.0 Å². The third-order valence-corrected chi connectivity index (χ3v) is 6.65. The zero-order chi connectivity index (χ0) is 22.5. The number of benzene rings is 2. The maximum atomic E-state index is 12.6. The highest BCUT2D eigenvalue weighted by Gasteiger charge is 2.37. The van der Waals surface area contributed by atoms with E-state index >= 15 is 0 Å². The van der Waals surface area contributed by atoms with E-state index < -0.39 is 0 Å². The van der Waals surface area contributed by atoms with Crippen LogP contribution in [0.15, 0.2) is 36.4 Å². The van der Waals surface area contributed by atoms with Gasteiger partial charge in [-0.05, 0) is 67.5 Å². The molecule has 6 nitrogen and oxygen atoms in total. The van der Waals surface area contributed by atoms with Gasteiger partial charge in [-0.1, -0.05) is 12.1 Å². The average Bonchev–Trinajstić information content (AvgIpc) is 3.18. The lowest BCUT2D eigenvalue weighted by Gasteiger charge is -2.30. The number of carbonyl (C=O) groups excluding carboxylic acids is 1. The fourth-order valence-corrected chi connectivity index (χ4v) is 4.87. The van der Waals surface area contributed by atoms with Crippen LogP contribution in [0.5, 0.6) is 17.2 Å². The molecule has 0 amide bonds. The highest BCUT2D eigenvalue weighted by atomic mass is 16.5. The first kappa shape index (κ1) is 22.3. The van der Waals surface area contributed by atoms with Crippen LogP contribution >= 0.6 is 0 Å². The summed E-state index contributed by atoms with van der Waals surface area (Å²) in [5.74, 6) is 2.11. The van der Waals surface area contributed by atoms with Crippen molar-refractivity contribution >= 4 is 11.7 Å². The van der Waals surface area contributed by atoms with Crippen molar-refractivity contribution in [1.82, 2.24) is 0 Å². The molecule has 0 saturated carbocycles. The molecule has 2 aliphatic rings. The minimum atomic E-state index is -0.173. The van der Waals surface area contributed by atoms with Crippen LogP contribution in [0.25, 0.3) is 0 Å². The Bertz CT molecular complexity index is 938. The molecule has 0 N–H and O–H groups in total. The molecular formula is C26H33NO5. The van der Waals surface area contributed by atoms with Gasteiger partial charge in [-0.3, -0.25) is 4.79 Å². The van der Waals surface area contributed by atoms with Gasteiger partial charge in [0.25, 0.3) is 0 Å². The smallest absolute Gasteiger partial charge is 0.309 e. The molecule has 0 aliphatic carbocycles. The zero-order valence-corrected chi connectivity index (χ0v) is 19.3. The number of rotatable bonds is 8. The number of methoxy groups -OCH3 is 3. The number of anilines is 1. The predicted molar refractivity (Wildman–Crippen MR) is 124 cm³/mol. The van der Waals surface area contributed by atoms with E-state index in [1.807, 2.05) is 18.2 Å². The van der Waals surface area contributed by atoms with Crippen molar-refractivity contribution in [2.45, 2.75) is 32.1 Å². The van der Waals surface area contributed by atoms with E-state index in [2.05, 4.69) is 23.1 Å². The van der Waals surface area contributed by atoms with Gasteiger partial charge in [0.2, 0.25) is 0 Å². The molecule has 2 aromatic rings. The van der Waals surface area contributed by atoms with Crippen LogP contribution in [0.1, 0.15) is 30.4 Å². The number of carbonyl (C=O) groups is 1. The highest BCUT2D eigenvalue weighted by Crippen LogP contribution is 2.35. The molecule has 32 heavy (non-hydrogen) atoms. The Balaban J connectivity index is 1.49. The lowest BCUT2D eigenvalue weighted by atomic mass is 9.85. The molecule has 2 atom stereocenters. The minimum absolute atomic E-state index is 0.116. The Morgan fingerprint density at radius 3 is 2.22 bits per heavy atom. The second-order valence-electron chi connectivity index (χ2n) is 8.65. The van der Waals surface area contributed by atoms with Gasteiger partial charge >= 0.3 is 5.97 Å². The summed E-state index contributed by atoms with van der Waals surface area (Å²) in [6, 6.07) is 12.3. The van der Waals surface area contributed by atoms with Gasteiger partial charge in [-0.15, -0.1) is 0 Å². The van der Waals surface area contributed by atoms with E-state index in [1.54, 1.807) is 21.3 Å². The summed E-state index contributed by atoms with van der Waals surface area (Å²) in [5, 5.41) is 0. The number of hydrogen-bond donors (Lipinski definition) is 0. The number of hydrogen-bond acceptors (Lipinski definition) is 6. The van der Waals surface area contributed by atoms with Crippen LogP contribution in [-0.4, -0.2) is 47.0 Å². The van der Waals surface area contributed by atoms with Crippen molar-refractivity contribution in [3.63, 3.8) is 0 Å². The Morgan fingerprint density at radius 2 is 1.50 bits per heavy atom. The van der Waals surface area contributed by atoms with E-state index in [1.165, 1.54) is 19.3 Å². The molecule has 2 aliphatic heterocycles. The lowest BCUT2D eigenvalue weighted by Crippen LogP contribution is -2.29. The summed E-state index contributed by atoms with van der Waals surface area (Å²) in [6.07, 6.45) is 5.13. The Labute approximate surface area is 190 Å². The first-order valence-corrected chi connectivity index (χ1v) is 11.4. The Kier molecular flexibility index (Phi) is 7.08. The SMILES string of the molecule is COc1ccc(C[C@H]2COC(=O)[C@@H]2Cc2ccc(N3CCCCC3)c(OC)c2)cc1OC. The van der Waals surface area contributed by atoms with Crippen LogP contribution in [-0.2, 0) is 22.4 Å². The van der Waals surface area contributed by atoms with E-state index in [4.69, 9.17) is 18.9 Å². The Hall–Kier alpha value is -2.89. The maximum absolute atomic E-state index is 12.6. The number of cyclic esters (lactones) is 1. The molecular weight excluding hydrogens is 406 g/mol. The summed E-state index contributed by atoms with van der Waals surface area (Å²) in [6.45, 7) is 2.58. The third-order valence-electron chi connectivity index (χ3n) is 6.65. The molecule has 2 fully saturated rings. The van der Waals surface area contributed by atoms with E-state index in [0.29, 0.717) is 24.5 Å². The molecule has 2 aromatic carbocycles. The monoisotopic (exact) mass is 439 g/mol. The minimum Gasteiger partial charge on any atom is -0.495 e. The molecule has 2 saturated heterocycles. The number of esters is 1. The quantitative estimate of drug-likeness (QED) is 0.573. The van der Waals surface area contributed by atoms with Crippen molar-refractivity contribution in [1.29, 1.82) is 0 Å².